The van der Waals surface area contributed by atoms with Gasteiger partial charge in [0.05, 0.1) is 26.4 Å². The van der Waals surface area contributed by atoms with E-state index in [0.29, 0.717) is 26.4 Å². The van der Waals surface area contributed by atoms with Gasteiger partial charge in [-0.05, 0) is 17.5 Å². The highest BCUT2D eigenvalue weighted by Crippen LogP contribution is 2.56. The maximum Gasteiger partial charge on any atom is 0.328 e. The van der Waals surface area contributed by atoms with Gasteiger partial charge >= 0.3 is 5.69 Å². The zero-order valence-corrected chi connectivity index (χ0v) is 16.1. The number of benzene rings is 2. The number of hydrogen-bond donors (Lipinski definition) is 1. The first-order chi connectivity index (χ1) is 14.2. The predicted molar refractivity (Wildman–Crippen MR) is 110 cm³/mol. The molecule has 0 spiro atoms. The molecule has 6 nitrogen and oxygen atoms in total. The van der Waals surface area contributed by atoms with Crippen LogP contribution in [0, 0.1) is 5.41 Å². The molecule has 1 aliphatic rings. The van der Waals surface area contributed by atoms with E-state index >= 15 is 0 Å². The minimum absolute atomic E-state index is 0.0570. The number of H-pyrrole nitrogens is 1. The first-order valence-electron chi connectivity index (χ1n) is 9.71. The Morgan fingerprint density at radius 1 is 0.862 bits per heavy atom. The third-order valence-corrected chi connectivity index (χ3v) is 5.34. The number of ether oxygens (including phenoxy) is 2. The molecule has 3 aromatic rings. The summed E-state index contributed by atoms with van der Waals surface area (Å²) >= 11 is 0. The van der Waals surface area contributed by atoms with Gasteiger partial charge in [0.2, 0.25) is 0 Å². The molecule has 4 rings (SSSR count). The van der Waals surface area contributed by atoms with Crippen molar-refractivity contribution in [3.8, 4) is 0 Å². The molecule has 150 valence electrons. The highest BCUT2D eigenvalue weighted by molar-refractivity contribution is 5.15. The summed E-state index contributed by atoms with van der Waals surface area (Å²) in [6.07, 6.45) is 2.32. The van der Waals surface area contributed by atoms with Crippen LogP contribution in [0.5, 0.6) is 0 Å². The fraction of sp³-hybridized carbons (Fsp3) is 0.304. The molecule has 6 heteroatoms. The van der Waals surface area contributed by atoms with Crippen molar-refractivity contribution >= 4 is 0 Å². The minimum atomic E-state index is -0.393. The van der Waals surface area contributed by atoms with Crippen LogP contribution >= 0.6 is 0 Å². The molecule has 1 aromatic heterocycles. The second-order valence-corrected chi connectivity index (χ2v) is 7.56. The maximum atomic E-state index is 12.2. The van der Waals surface area contributed by atoms with Crippen molar-refractivity contribution in [2.75, 3.05) is 13.2 Å². The highest BCUT2D eigenvalue weighted by Gasteiger charge is 2.56. The molecule has 0 aliphatic heterocycles. The van der Waals surface area contributed by atoms with Gasteiger partial charge in [0.1, 0.15) is 0 Å². The molecule has 0 radical (unpaired) electrons. The van der Waals surface area contributed by atoms with Gasteiger partial charge < -0.3 is 9.47 Å². The lowest BCUT2D eigenvalue weighted by atomic mass is 10.1. The van der Waals surface area contributed by atoms with Crippen LogP contribution in [-0.4, -0.2) is 22.8 Å². The Balaban J connectivity index is 1.43. The van der Waals surface area contributed by atoms with E-state index in [9.17, 15) is 9.59 Å². The van der Waals surface area contributed by atoms with Crippen molar-refractivity contribution in [1.82, 2.24) is 9.55 Å². The number of nitrogens with zero attached hydrogens (tertiary/aromatic N) is 1. The molecule has 29 heavy (non-hydrogen) atoms. The third-order valence-electron chi connectivity index (χ3n) is 5.34. The largest absolute Gasteiger partial charge is 0.376 e. The molecule has 1 saturated carbocycles. The lowest BCUT2D eigenvalue weighted by Crippen LogP contribution is -2.31. The summed E-state index contributed by atoms with van der Waals surface area (Å²) in [5, 5.41) is 0. The normalized spacial score (nSPS) is 17.2. The SMILES string of the molecule is O=c1ccn(C2CC2(COCc2ccccc2)COCc2ccccc2)c(=O)[nH]1. The second kappa shape index (κ2) is 8.59. The van der Waals surface area contributed by atoms with Crippen molar-refractivity contribution in [2.45, 2.75) is 25.7 Å². The molecule has 0 amide bonds. The molecule has 1 N–H and O–H groups in total. The first-order valence-corrected chi connectivity index (χ1v) is 9.71. The molecule has 1 atom stereocenters. The maximum absolute atomic E-state index is 12.2. The summed E-state index contributed by atoms with van der Waals surface area (Å²) in [5.74, 6) is 0. The summed E-state index contributed by atoms with van der Waals surface area (Å²) < 4.78 is 13.6. The Bertz CT molecular complexity index is 998. The minimum Gasteiger partial charge on any atom is -0.376 e. The van der Waals surface area contributed by atoms with Crippen LogP contribution in [0.3, 0.4) is 0 Å². The summed E-state index contributed by atoms with van der Waals surface area (Å²) in [5.41, 5.74) is 1.14. The van der Waals surface area contributed by atoms with E-state index < -0.39 is 11.2 Å². The third kappa shape index (κ3) is 4.72. The monoisotopic (exact) mass is 392 g/mol. The molecular weight excluding hydrogens is 368 g/mol. The van der Waals surface area contributed by atoms with E-state index in [4.69, 9.17) is 9.47 Å². The van der Waals surface area contributed by atoms with Gasteiger partial charge in [-0.25, -0.2) is 4.79 Å². The van der Waals surface area contributed by atoms with Crippen LogP contribution in [0.2, 0.25) is 0 Å². The summed E-state index contributed by atoms with van der Waals surface area (Å²) in [4.78, 5) is 25.9. The smallest absolute Gasteiger partial charge is 0.328 e. The van der Waals surface area contributed by atoms with Crippen molar-refractivity contribution in [1.29, 1.82) is 0 Å². The topological polar surface area (TPSA) is 73.3 Å². The quantitative estimate of drug-likeness (QED) is 0.608. The van der Waals surface area contributed by atoms with Gasteiger partial charge in [0.15, 0.2) is 0 Å². The Kier molecular flexibility index (Phi) is 5.74. The van der Waals surface area contributed by atoms with Crippen molar-refractivity contribution in [2.24, 2.45) is 5.41 Å². The van der Waals surface area contributed by atoms with Crippen molar-refractivity contribution in [3.63, 3.8) is 0 Å². The fourth-order valence-electron chi connectivity index (χ4n) is 3.64. The summed E-state index contributed by atoms with van der Waals surface area (Å²) in [6, 6.07) is 21.3. The van der Waals surface area contributed by atoms with Gasteiger partial charge in [-0.1, -0.05) is 60.7 Å². The Morgan fingerprint density at radius 2 is 1.41 bits per heavy atom. The highest BCUT2D eigenvalue weighted by atomic mass is 16.5. The van der Waals surface area contributed by atoms with Crippen LogP contribution in [-0.2, 0) is 22.7 Å². The molecule has 1 fully saturated rings. The van der Waals surface area contributed by atoms with Crippen LogP contribution in [0.25, 0.3) is 0 Å². The Morgan fingerprint density at radius 3 is 1.93 bits per heavy atom. The lowest BCUT2D eigenvalue weighted by Gasteiger charge is -2.19. The van der Waals surface area contributed by atoms with E-state index in [1.54, 1.807) is 10.8 Å². The van der Waals surface area contributed by atoms with E-state index in [1.165, 1.54) is 6.07 Å². The lowest BCUT2D eigenvalue weighted by molar-refractivity contribution is 0.00914. The molecule has 1 unspecified atom stereocenters. The zero-order valence-electron chi connectivity index (χ0n) is 16.1. The number of aromatic amines is 1. The van der Waals surface area contributed by atoms with Crippen molar-refractivity contribution < 1.29 is 9.47 Å². The molecular formula is C23H24N2O4. The van der Waals surface area contributed by atoms with Gasteiger partial charge in [0, 0.05) is 23.7 Å². The number of nitrogens with one attached hydrogen (secondary N) is 1. The number of hydrogen-bond acceptors (Lipinski definition) is 4. The average molecular weight is 392 g/mol. The van der Waals surface area contributed by atoms with Gasteiger partial charge in [-0.2, -0.15) is 0 Å². The number of rotatable bonds is 9. The van der Waals surface area contributed by atoms with E-state index in [1.807, 2.05) is 60.7 Å². The molecule has 0 bridgehead atoms. The second-order valence-electron chi connectivity index (χ2n) is 7.56. The van der Waals surface area contributed by atoms with E-state index in [0.717, 1.165) is 17.5 Å². The molecule has 0 saturated heterocycles. The van der Waals surface area contributed by atoms with Crippen molar-refractivity contribution in [3.05, 3.63) is 105 Å². The molecule has 1 aliphatic carbocycles. The average Bonchev–Trinajstić information content (AvgIpc) is 3.43. The number of aromatic nitrogens is 2. The van der Waals surface area contributed by atoms with Crippen LogP contribution in [0.15, 0.2) is 82.5 Å². The summed E-state index contributed by atoms with van der Waals surface area (Å²) in [6.45, 7) is 1.98. The fourth-order valence-corrected chi connectivity index (χ4v) is 3.64. The van der Waals surface area contributed by atoms with Gasteiger partial charge in [0.25, 0.3) is 5.56 Å². The van der Waals surface area contributed by atoms with Crippen LogP contribution in [0.4, 0.5) is 0 Å². The van der Waals surface area contributed by atoms with Gasteiger partial charge in [-0.3, -0.25) is 14.3 Å². The summed E-state index contributed by atoms with van der Waals surface area (Å²) in [7, 11) is 0. The predicted octanol–water partition coefficient (Wildman–Crippen LogP) is 2.90. The van der Waals surface area contributed by atoms with E-state index in [2.05, 4.69) is 4.98 Å². The zero-order chi connectivity index (χ0) is 20.1. The standard InChI is InChI=1S/C23H24N2O4/c26-21-11-12-25(22(27)24-21)20-13-23(20,16-28-14-18-7-3-1-4-8-18)17-29-15-19-9-5-2-6-10-19/h1-12,20H,13-17H2,(H,24,26,27). The van der Waals surface area contributed by atoms with Gasteiger partial charge in [-0.15, -0.1) is 0 Å². The Hall–Kier alpha value is -2.96. The van der Waals surface area contributed by atoms with Crippen LogP contribution < -0.4 is 11.2 Å². The first kappa shape index (κ1) is 19.4. The Labute approximate surface area is 168 Å². The molecule has 2 aromatic carbocycles. The van der Waals surface area contributed by atoms with E-state index in [-0.39, 0.29) is 11.5 Å². The molecule has 1 heterocycles. The van der Waals surface area contributed by atoms with Crippen LogP contribution in [0.1, 0.15) is 23.6 Å².